The van der Waals surface area contributed by atoms with Gasteiger partial charge in [-0.1, -0.05) is 44.2 Å². The number of esters is 1. The van der Waals surface area contributed by atoms with Crippen LogP contribution in [0.2, 0.25) is 0 Å². The number of hydrogen-bond acceptors (Lipinski definition) is 3. The van der Waals surface area contributed by atoms with Crippen molar-refractivity contribution in [2.75, 3.05) is 6.54 Å². The van der Waals surface area contributed by atoms with E-state index in [9.17, 15) is 4.79 Å². The summed E-state index contributed by atoms with van der Waals surface area (Å²) in [4.78, 5) is 12.0. The summed E-state index contributed by atoms with van der Waals surface area (Å²) in [6.07, 6.45) is 4.90. The highest BCUT2D eigenvalue weighted by atomic mass is 16.5. The van der Waals surface area contributed by atoms with Gasteiger partial charge in [-0.05, 0) is 31.2 Å². The third-order valence-corrected chi connectivity index (χ3v) is 4.40. The Labute approximate surface area is 121 Å². The molecule has 3 nitrogen and oxygen atoms in total. The lowest BCUT2D eigenvalue weighted by molar-refractivity contribution is -0.149. The van der Waals surface area contributed by atoms with E-state index >= 15 is 0 Å². The van der Waals surface area contributed by atoms with Crippen molar-refractivity contribution in [1.82, 2.24) is 5.32 Å². The Morgan fingerprint density at radius 3 is 2.60 bits per heavy atom. The average Bonchev–Trinajstić information content (AvgIpc) is 2.45. The van der Waals surface area contributed by atoms with Crippen molar-refractivity contribution < 1.29 is 9.53 Å². The SMILES string of the molecule is CCC1(NCC(C)C(=O)OCc2ccccc2)CCC1. The second kappa shape index (κ2) is 6.89. The van der Waals surface area contributed by atoms with Crippen molar-refractivity contribution in [3.8, 4) is 0 Å². The number of ether oxygens (including phenoxy) is 1. The van der Waals surface area contributed by atoms with Gasteiger partial charge in [0.15, 0.2) is 0 Å². The van der Waals surface area contributed by atoms with E-state index in [2.05, 4.69) is 12.2 Å². The molecule has 1 aliphatic carbocycles. The zero-order valence-corrected chi connectivity index (χ0v) is 12.5. The number of nitrogens with one attached hydrogen (secondary N) is 1. The molecular formula is C17H25NO2. The number of benzene rings is 1. The summed E-state index contributed by atoms with van der Waals surface area (Å²) < 4.78 is 5.36. The van der Waals surface area contributed by atoms with E-state index in [0.29, 0.717) is 13.2 Å². The zero-order chi connectivity index (χ0) is 14.4. The largest absolute Gasteiger partial charge is 0.461 e. The van der Waals surface area contributed by atoms with Crippen LogP contribution in [0, 0.1) is 5.92 Å². The topological polar surface area (TPSA) is 38.3 Å². The van der Waals surface area contributed by atoms with Crippen LogP contribution in [0.25, 0.3) is 0 Å². The molecule has 0 saturated heterocycles. The number of carbonyl (C=O) groups is 1. The van der Waals surface area contributed by atoms with Crippen LogP contribution in [-0.4, -0.2) is 18.1 Å². The van der Waals surface area contributed by atoms with Crippen molar-refractivity contribution in [2.24, 2.45) is 5.92 Å². The van der Waals surface area contributed by atoms with Crippen LogP contribution in [0.1, 0.15) is 45.1 Å². The van der Waals surface area contributed by atoms with E-state index < -0.39 is 0 Å². The van der Waals surface area contributed by atoms with E-state index in [1.807, 2.05) is 37.3 Å². The van der Waals surface area contributed by atoms with E-state index in [1.165, 1.54) is 19.3 Å². The van der Waals surface area contributed by atoms with Crippen molar-refractivity contribution in [1.29, 1.82) is 0 Å². The summed E-state index contributed by atoms with van der Waals surface area (Å²) in [6, 6.07) is 9.81. The third kappa shape index (κ3) is 3.83. The average molecular weight is 275 g/mol. The number of rotatable bonds is 7. The standard InChI is InChI=1S/C17H25NO2/c1-3-17(10-7-11-17)18-12-14(2)16(19)20-13-15-8-5-4-6-9-15/h4-6,8-9,14,18H,3,7,10-13H2,1-2H3. The van der Waals surface area contributed by atoms with Crippen LogP contribution >= 0.6 is 0 Å². The van der Waals surface area contributed by atoms with Gasteiger partial charge in [-0.25, -0.2) is 0 Å². The molecule has 1 unspecified atom stereocenters. The van der Waals surface area contributed by atoms with Gasteiger partial charge < -0.3 is 10.1 Å². The molecule has 0 spiro atoms. The minimum atomic E-state index is -0.119. The summed E-state index contributed by atoms with van der Waals surface area (Å²) in [5, 5.41) is 3.56. The molecule has 20 heavy (non-hydrogen) atoms. The lowest BCUT2D eigenvalue weighted by Crippen LogP contribution is -2.52. The molecule has 1 aromatic rings. The maximum atomic E-state index is 12.0. The van der Waals surface area contributed by atoms with Crippen LogP contribution < -0.4 is 5.32 Å². The highest BCUT2D eigenvalue weighted by Gasteiger charge is 2.35. The Hall–Kier alpha value is -1.35. The van der Waals surface area contributed by atoms with Crippen molar-refractivity contribution in [2.45, 2.75) is 51.7 Å². The van der Waals surface area contributed by atoms with Crippen LogP contribution in [0.15, 0.2) is 30.3 Å². The Morgan fingerprint density at radius 2 is 2.05 bits per heavy atom. The molecule has 0 aromatic heterocycles. The maximum Gasteiger partial charge on any atom is 0.310 e. The first kappa shape index (κ1) is 15.0. The van der Waals surface area contributed by atoms with Crippen LogP contribution in [0.5, 0.6) is 0 Å². The minimum Gasteiger partial charge on any atom is -0.461 e. The second-order valence-corrected chi connectivity index (χ2v) is 5.86. The molecular weight excluding hydrogens is 250 g/mol. The van der Waals surface area contributed by atoms with Gasteiger partial charge in [0.2, 0.25) is 0 Å². The first-order valence-electron chi connectivity index (χ1n) is 7.61. The molecule has 1 aliphatic rings. The molecule has 0 bridgehead atoms. The summed E-state index contributed by atoms with van der Waals surface area (Å²) in [5.74, 6) is -0.213. The van der Waals surface area contributed by atoms with Gasteiger partial charge >= 0.3 is 5.97 Å². The van der Waals surface area contributed by atoms with Gasteiger partial charge in [0, 0.05) is 12.1 Å². The number of carbonyl (C=O) groups excluding carboxylic acids is 1. The van der Waals surface area contributed by atoms with Crippen LogP contribution in [-0.2, 0) is 16.1 Å². The normalized spacial score (nSPS) is 18.1. The Balaban J connectivity index is 1.72. The number of hydrogen-bond donors (Lipinski definition) is 1. The van der Waals surface area contributed by atoms with E-state index in [-0.39, 0.29) is 17.4 Å². The van der Waals surface area contributed by atoms with Gasteiger partial charge in [0.05, 0.1) is 5.92 Å². The predicted molar refractivity (Wildman–Crippen MR) is 80.3 cm³/mol. The Morgan fingerprint density at radius 1 is 1.35 bits per heavy atom. The predicted octanol–water partition coefficient (Wildman–Crippen LogP) is 3.29. The zero-order valence-electron chi connectivity index (χ0n) is 12.5. The first-order valence-corrected chi connectivity index (χ1v) is 7.61. The smallest absolute Gasteiger partial charge is 0.310 e. The fourth-order valence-corrected chi connectivity index (χ4v) is 2.58. The Bertz CT molecular complexity index is 420. The molecule has 0 heterocycles. The molecule has 1 fully saturated rings. The highest BCUT2D eigenvalue weighted by Crippen LogP contribution is 2.34. The monoisotopic (exact) mass is 275 g/mol. The molecule has 2 rings (SSSR count). The first-order chi connectivity index (χ1) is 9.65. The van der Waals surface area contributed by atoms with Gasteiger partial charge in [-0.3, -0.25) is 4.79 Å². The Kier molecular flexibility index (Phi) is 5.18. The van der Waals surface area contributed by atoms with Crippen molar-refractivity contribution in [3.63, 3.8) is 0 Å². The fourth-order valence-electron chi connectivity index (χ4n) is 2.58. The third-order valence-electron chi connectivity index (χ3n) is 4.40. The minimum absolute atomic E-state index is 0.0947. The maximum absolute atomic E-state index is 12.0. The van der Waals surface area contributed by atoms with Crippen LogP contribution in [0.4, 0.5) is 0 Å². The van der Waals surface area contributed by atoms with Crippen LogP contribution in [0.3, 0.4) is 0 Å². The lowest BCUT2D eigenvalue weighted by atomic mass is 9.74. The molecule has 1 saturated carbocycles. The summed E-state index contributed by atoms with van der Waals surface area (Å²) >= 11 is 0. The van der Waals surface area contributed by atoms with Gasteiger partial charge in [-0.15, -0.1) is 0 Å². The van der Waals surface area contributed by atoms with Gasteiger partial charge in [-0.2, -0.15) is 0 Å². The molecule has 0 radical (unpaired) electrons. The van der Waals surface area contributed by atoms with E-state index in [1.54, 1.807) is 0 Å². The highest BCUT2D eigenvalue weighted by molar-refractivity contribution is 5.72. The molecule has 110 valence electrons. The van der Waals surface area contributed by atoms with Crippen molar-refractivity contribution >= 4 is 5.97 Å². The molecule has 1 N–H and O–H groups in total. The second-order valence-electron chi connectivity index (χ2n) is 5.86. The van der Waals surface area contributed by atoms with E-state index in [0.717, 1.165) is 12.0 Å². The molecule has 3 heteroatoms. The summed E-state index contributed by atoms with van der Waals surface area (Å²) in [7, 11) is 0. The molecule has 1 atom stereocenters. The van der Waals surface area contributed by atoms with Gasteiger partial charge in [0.1, 0.15) is 6.61 Å². The quantitative estimate of drug-likeness (QED) is 0.776. The fraction of sp³-hybridized carbons (Fsp3) is 0.588. The summed E-state index contributed by atoms with van der Waals surface area (Å²) in [5.41, 5.74) is 1.32. The van der Waals surface area contributed by atoms with Gasteiger partial charge in [0.25, 0.3) is 0 Å². The molecule has 0 aliphatic heterocycles. The molecule has 0 amide bonds. The van der Waals surface area contributed by atoms with E-state index in [4.69, 9.17) is 4.74 Å². The van der Waals surface area contributed by atoms with Crippen molar-refractivity contribution in [3.05, 3.63) is 35.9 Å². The lowest BCUT2D eigenvalue weighted by Gasteiger charge is -2.42. The summed E-state index contributed by atoms with van der Waals surface area (Å²) in [6.45, 7) is 5.22. The molecule has 1 aromatic carbocycles.